The monoisotopic (exact) mass is 264 g/mol. The van der Waals surface area contributed by atoms with Crippen LogP contribution in [-0.4, -0.2) is 23.4 Å². The molecule has 0 aromatic heterocycles. The van der Waals surface area contributed by atoms with Crippen LogP contribution in [0.5, 0.6) is 0 Å². The number of amides is 1. The Hall–Kier alpha value is -1.58. The number of benzene rings is 1. The van der Waals surface area contributed by atoms with Crippen LogP contribution < -0.4 is 5.73 Å². The van der Waals surface area contributed by atoms with E-state index in [-0.39, 0.29) is 5.91 Å². The average Bonchev–Trinajstić information content (AvgIpc) is 3.11. The second-order valence-corrected chi connectivity index (χ2v) is 5.69. The second-order valence-electron chi connectivity index (χ2n) is 5.69. The van der Waals surface area contributed by atoms with Crippen LogP contribution in [0.15, 0.2) is 18.2 Å². The summed E-state index contributed by atoms with van der Waals surface area (Å²) in [4.78, 5) is 14.3. The van der Waals surface area contributed by atoms with Crippen LogP contribution in [-0.2, 0) is 0 Å². The summed E-state index contributed by atoms with van der Waals surface area (Å²) in [6.07, 6.45) is 3.07. The molecule has 2 N–H and O–H groups in total. The molecule has 19 heavy (non-hydrogen) atoms. The van der Waals surface area contributed by atoms with E-state index in [1.807, 2.05) is 4.90 Å². The maximum atomic E-state index is 13.3. The summed E-state index contributed by atoms with van der Waals surface area (Å²) < 4.78 is 13.3. The lowest BCUT2D eigenvalue weighted by atomic mass is 10.1. The fraction of sp³-hybridized carbons (Fsp3) is 0.533. The van der Waals surface area contributed by atoms with E-state index in [9.17, 15) is 9.18 Å². The third-order valence-electron chi connectivity index (χ3n) is 3.36. The molecule has 3 nitrogen and oxygen atoms in total. The van der Waals surface area contributed by atoms with Crippen molar-refractivity contribution >= 4 is 11.6 Å². The predicted molar refractivity (Wildman–Crippen MR) is 74.3 cm³/mol. The highest BCUT2D eigenvalue weighted by Crippen LogP contribution is 2.29. The van der Waals surface area contributed by atoms with Gasteiger partial charge in [-0.2, -0.15) is 0 Å². The molecule has 0 atom stereocenters. The highest BCUT2D eigenvalue weighted by atomic mass is 19.1. The van der Waals surface area contributed by atoms with Crippen molar-refractivity contribution in [2.75, 3.05) is 12.3 Å². The standard InChI is InChI=1S/C15H21FN2O/c1-10(2)5-6-18(14-3-4-14)15(19)11-7-12(16)9-13(17)8-11/h7-10,14H,3-6,17H2,1-2H3. The smallest absolute Gasteiger partial charge is 0.254 e. The molecule has 0 radical (unpaired) electrons. The van der Waals surface area contributed by atoms with Gasteiger partial charge in [0.2, 0.25) is 0 Å². The number of nitrogens with zero attached hydrogens (tertiary/aromatic N) is 1. The molecule has 0 heterocycles. The van der Waals surface area contributed by atoms with Crippen molar-refractivity contribution in [3.63, 3.8) is 0 Å². The van der Waals surface area contributed by atoms with Crippen LogP contribution in [0.4, 0.5) is 10.1 Å². The van der Waals surface area contributed by atoms with Gasteiger partial charge in [-0.15, -0.1) is 0 Å². The van der Waals surface area contributed by atoms with E-state index in [4.69, 9.17) is 5.73 Å². The van der Waals surface area contributed by atoms with E-state index in [2.05, 4.69) is 13.8 Å². The quantitative estimate of drug-likeness (QED) is 0.831. The van der Waals surface area contributed by atoms with E-state index in [1.165, 1.54) is 12.1 Å². The van der Waals surface area contributed by atoms with Crippen molar-refractivity contribution in [1.82, 2.24) is 4.90 Å². The molecular formula is C15H21FN2O. The molecule has 0 unspecified atom stereocenters. The molecule has 1 saturated carbocycles. The van der Waals surface area contributed by atoms with Gasteiger partial charge in [0.1, 0.15) is 5.82 Å². The summed E-state index contributed by atoms with van der Waals surface area (Å²) in [6.45, 7) is 5.00. The van der Waals surface area contributed by atoms with Gasteiger partial charge in [0, 0.05) is 23.8 Å². The molecule has 1 amide bonds. The number of carbonyl (C=O) groups is 1. The van der Waals surface area contributed by atoms with Gasteiger partial charge < -0.3 is 10.6 Å². The molecule has 2 rings (SSSR count). The zero-order valence-corrected chi connectivity index (χ0v) is 11.5. The Morgan fingerprint density at radius 1 is 1.42 bits per heavy atom. The van der Waals surface area contributed by atoms with Crippen LogP contribution in [0, 0.1) is 11.7 Å². The van der Waals surface area contributed by atoms with Crippen molar-refractivity contribution in [2.45, 2.75) is 39.2 Å². The lowest BCUT2D eigenvalue weighted by Crippen LogP contribution is -2.34. The lowest BCUT2D eigenvalue weighted by Gasteiger charge is -2.23. The van der Waals surface area contributed by atoms with Gasteiger partial charge in [-0.05, 0) is 43.4 Å². The molecule has 1 aliphatic rings. The van der Waals surface area contributed by atoms with Crippen molar-refractivity contribution in [3.05, 3.63) is 29.6 Å². The van der Waals surface area contributed by atoms with Crippen molar-refractivity contribution in [2.24, 2.45) is 5.92 Å². The fourth-order valence-corrected chi connectivity index (χ4v) is 2.14. The second kappa shape index (κ2) is 5.59. The minimum Gasteiger partial charge on any atom is -0.399 e. The topological polar surface area (TPSA) is 46.3 Å². The summed E-state index contributed by atoms with van der Waals surface area (Å²) in [5, 5.41) is 0. The summed E-state index contributed by atoms with van der Waals surface area (Å²) in [7, 11) is 0. The van der Waals surface area contributed by atoms with Crippen molar-refractivity contribution in [3.8, 4) is 0 Å². The normalized spacial score (nSPS) is 14.7. The molecule has 1 aromatic rings. The maximum Gasteiger partial charge on any atom is 0.254 e. The predicted octanol–water partition coefficient (Wildman–Crippen LogP) is 3.06. The van der Waals surface area contributed by atoms with E-state index in [0.717, 1.165) is 25.8 Å². The third kappa shape index (κ3) is 3.69. The minimum atomic E-state index is -0.456. The maximum absolute atomic E-state index is 13.3. The molecule has 4 heteroatoms. The van der Waals surface area contributed by atoms with Gasteiger partial charge in [-0.25, -0.2) is 4.39 Å². The Morgan fingerprint density at radius 2 is 2.11 bits per heavy atom. The number of rotatable bonds is 5. The largest absolute Gasteiger partial charge is 0.399 e. The zero-order chi connectivity index (χ0) is 14.0. The van der Waals surface area contributed by atoms with Crippen LogP contribution >= 0.6 is 0 Å². The van der Waals surface area contributed by atoms with Crippen LogP contribution in [0.25, 0.3) is 0 Å². The highest BCUT2D eigenvalue weighted by molar-refractivity contribution is 5.95. The highest BCUT2D eigenvalue weighted by Gasteiger charge is 2.32. The van der Waals surface area contributed by atoms with E-state index < -0.39 is 5.82 Å². The molecule has 0 bridgehead atoms. The summed E-state index contributed by atoms with van der Waals surface area (Å²) >= 11 is 0. The first-order valence-electron chi connectivity index (χ1n) is 6.84. The molecule has 1 aliphatic carbocycles. The van der Waals surface area contributed by atoms with Crippen LogP contribution in [0.2, 0.25) is 0 Å². The van der Waals surface area contributed by atoms with Crippen LogP contribution in [0.1, 0.15) is 43.5 Å². The molecule has 1 aromatic carbocycles. The number of nitrogens with two attached hydrogens (primary N) is 1. The number of hydrogen-bond donors (Lipinski definition) is 1. The number of hydrogen-bond acceptors (Lipinski definition) is 2. The first kappa shape index (κ1) is 13.8. The summed E-state index contributed by atoms with van der Waals surface area (Å²) in [5.41, 5.74) is 6.25. The molecular weight excluding hydrogens is 243 g/mol. The summed E-state index contributed by atoms with van der Waals surface area (Å²) in [5.74, 6) is -0.0102. The van der Waals surface area contributed by atoms with Gasteiger partial charge in [0.25, 0.3) is 5.91 Å². The van der Waals surface area contributed by atoms with Gasteiger partial charge in [-0.3, -0.25) is 4.79 Å². The van der Waals surface area contributed by atoms with E-state index in [0.29, 0.717) is 23.2 Å². The average molecular weight is 264 g/mol. The van der Waals surface area contributed by atoms with Gasteiger partial charge in [0.05, 0.1) is 0 Å². The molecule has 0 saturated heterocycles. The Kier molecular flexibility index (Phi) is 4.08. The first-order chi connectivity index (χ1) is 8.97. The Balaban J connectivity index is 2.14. The first-order valence-corrected chi connectivity index (χ1v) is 6.84. The van der Waals surface area contributed by atoms with E-state index in [1.54, 1.807) is 6.07 Å². The van der Waals surface area contributed by atoms with Crippen LogP contribution in [0.3, 0.4) is 0 Å². The summed E-state index contributed by atoms with van der Waals surface area (Å²) in [6, 6.07) is 4.38. The Labute approximate surface area is 113 Å². The van der Waals surface area contributed by atoms with Gasteiger partial charge >= 0.3 is 0 Å². The Bertz CT molecular complexity index is 449. The minimum absolute atomic E-state index is 0.102. The number of anilines is 1. The van der Waals surface area contributed by atoms with Gasteiger partial charge in [0.15, 0.2) is 0 Å². The third-order valence-corrected chi connectivity index (χ3v) is 3.36. The molecule has 104 valence electrons. The number of carbonyl (C=O) groups excluding carboxylic acids is 1. The van der Waals surface area contributed by atoms with E-state index >= 15 is 0 Å². The Morgan fingerprint density at radius 3 is 2.63 bits per heavy atom. The van der Waals surface area contributed by atoms with Crippen molar-refractivity contribution < 1.29 is 9.18 Å². The SMILES string of the molecule is CC(C)CCN(C(=O)c1cc(N)cc(F)c1)C1CC1. The number of halogens is 1. The molecule has 0 spiro atoms. The molecule has 1 fully saturated rings. The fourth-order valence-electron chi connectivity index (χ4n) is 2.14. The van der Waals surface area contributed by atoms with Gasteiger partial charge in [-0.1, -0.05) is 13.8 Å². The molecule has 0 aliphatic heterocycles. The lowest BCUT2D eigenvalue weighted by molar-refractivity contribution is 0.0735. The zero-order valence-electron chi connectivity index (χ0n) is 11.5. The number of nitrogen functional groups attached to an aromatic ring is 1. The van der Waals surface area contributed by atoms with Crippen molar-refractivity contribution in [1.29, 1.82) is 0 Å².